The topological polar surface area (TPSA) is 54.5 Å². The summed E-state index contributed by atoms with van der Waals surface area (Å²) in [6.45, 7) is 2.23. The Morgan fingerprint density at radius 2 is 2.41 bits per heavy atom. The molecule has 0 aliphatic carbocycles. The number of hydrogen-bond acceptors (Lipinski definition) is 4. The second kappa shape index (κ2) is 4.67. The SMILES string of the molecule is COc1cc(CN2C(=O)C(C)NC2=S)ccn1. The van der Waals surface area contributed by atoms with Crippen LogP contribution in [0.2, 0.25) is 0 Å². The highest BCUT2D eigenvalue weighted by Gasteiger charge is 2.31. The Labute approximate surface area is 105 Å². The third-order valence-electron chi connectivity index (χ3n) is 2.57. The summed E-state index contributed by atoms with van der Waals surface area (Å²) in [7, 11) is 1.56. The first-order valence-corrected chi connectivity index (χ1v) is 5.63. The lowest BCUT2D eigenvalue weighted by molar-refractivity contribution is -0.127. The van der Waals surface area contributed by atoms with Crippen molar-refractivity contribution in [2.45, 2.75) is 19.5 Å². The van der Waals surface area contributed by atoms with Gasteiger partial charge in [-0.15, -0.1) is 0 Å². The summed E-state index contributed by atoms with van der Waals surface area (Å²) < 4.78 is 5.03. The molecular weight excluding hydrogens is 238 g/mol. The van der Waals surface area contributed by atoms with Crippen molar-refractivity contribution in [3.8, 4) is 5.88 Å². The summed E-state index contributed by atoms with van der Waals surface area (Å²) in [4.78, 5) is 17.4. The zero-order valence-electron chi connectivity index (χ0n) is 9.64. The van der Waals surface area contributed by atoms with Crippen LogP contribution in [0.15, 0.2) is 18.3 Å². The van der Waals surface area contributed by atoms with Crippen LogP contribution in [0.4, 0.5) is 0 Å². The monoisotopic (exact) mass is 251 g/mol. The summed E-state index contributed by atoms with van der Waals surface area (Å²) >= 11 is 5.10. The third kappa shape index (κ3) is 2.36. The molecule has 0 aromatic carbocycles. The van der Waals surface area contributed by atoms with E-state index in [4.69, 9.17) is 17.0 Å². The lowest BCUT2D eigenvalue weighted by atomic mass is 10.2. The zero-order chi connectivity index (χ0) is 12.4. The lowest BCUT2D eigenvalue weighted by Gasteiger charge is -2.14. The first-order valence-electron chi connectivity index (χ1n) is 5.22. The Balaban J connectivity index is 2.15. The molecule has 1 aliphatic heterocycles. The average Bonchev–Trinajstić information content (AvgIpc) is 2.56. The molecule has 5 nitrogen and oxygen atoms in total. The van der Waals surface area contributed by atoms with Crippen molar-refractivity contribution >= 4 is 23.2 Å². The Morgan fingerprint density at radius 1 is 1.65 bits per heavy atom. The van der Waals surface area contributed by atoms with Gasteiger partial charge in [0.1, 0.15) is 6.04 Å². The fourth-order valence-electron chi connectivity index (χ4n) is 1.65. The van der Waals surface area contributed by atoms with Gasteiger partial charge in [0.05, 0.1) is 13.7 Å². The molecule has 1 aromatic rings. The number of amides is 1. The van der Waals surface area contributed by atoms with Gasteiger partial charge in [0.15, 0.2) is 5.11 Å². The predicted molar refractivity (Wildman–Crippen MR) is 66.5 cm³/mol. The molecule has 1 fully saturated rings. The number of pyridine rings is 1. The van der Waals surface area contributed by atoms with Gasteiger partial charge in [0.2, 0.25) is 5.88 Å². The van der Waals surface area contributed by atoms with Crippen LogP contribution in [-0.4, -0.2) is 34.1 Å². The van der Waals surface area contributed by atoms with Crippen LogP contribution in [0.3, 0.4) is 0 Å². The average molecular weight is 251 g/mol. The van der Waals surface area contributed by atoms with Gasteiger partial charge in [-0.05, 0) is 30.8 Å². The zero-order valence-corrected chi connectivity index (χ0v) is 10.5. The van der Waals surface area contributed by atoms with Crippen LogP contribution in [0.1, 0.15) is 12.5 Å². The molecular formula is C11H13N3O2S. The van der Waals surface area contributed by atoms with E-state index in [-0.39, 0.29) is 11.9 Å². The maximum absolute atomic E-state index is 11.8. The first kappa shape index (κ1) is 11.8. The molecule has 2 rings (SSSR count). The van der Waals surface area contributed by atoms with Crippen molar-refractivity contribution < 1.29 is 9.53 Å². The number of carbonyl (C=O) groups excluding carboxylic acids is 1. The normalized spacial score (nSPS) is 19.4. The van der Waals surface area contributed by atoms with Gasteiger partial charge >= 0.3 is 0 Å². The summed E-state index contributed by atoms with van der Waals surface area (Å²) in [6, 6.07) is 3.38. The van der Waals surface area contributed by atoms with Crippen LogP contribution in [-0.2, 0) is 11.3 Å². The highest BCUT2D eigenvalue weighted by atomic mass is 32.1. The number of thiocarbonyl (C=S) groups is 1. The van der Waals surface area contributed by atoms with Crippen molar-refractivity contribution in [2.75, 3.05) is 7.11 Å². The van der Waals surface area contributed by atoms with Crippen molar-refractivity contribution in [1.82, 2.24) is 15.2 Å². The Morgan fingerprint density at radius 3 is 3.00 bits per heavy atom. The molecule has 1 N–H and O–H groups in total. The second-order valence-electron chi connectivity index (χ2n) is 3.80. The molecule has 1 saturated heterocycles. The Hall–Kier alpha value is -1.69. The first-order chi connectivity index (χ1) is 8.11. The number of nitrogens with one attached hydrogen (secondary N) is 1. The van der Waals surface area contributed by atoms with Crippen molar-refractivity contribution in [3.05, 3.63) is 23.9 Å². The molecule has 17 heavy (non-hydrogen) atoms. The molecule has 1 amide bonds. The standard InChI is InChI=1S/C11H13N3O2S/c1-7-10(15)14(11(17)13-7)6-8-3-4-12-9(5-8)16-2/h3-5,7H,6H2,1-2H3,(H,13,17). The van der Waals surface area contributed by atoms with E-state index in [1.165, 1.54) is 0 Å². The number of hydrogen-bond donors (Lipinski definition) is 1. The molecule has 90 valence electrons. The minimum Gasteiger partial charge on any atom is -0.481 e. The fourth-order valence-corrected chi connectivity index (χ4v) is 1.98. The van der Waals surface area contributed by atoms with Gasteiger partial charge in [-0.1, -0.05) is 0 Å². The maximum Gasteiger partial charge on any atom is 0.251 e. The molecule has 1 unspecified atom stereocenters. The van der Waals surface area contributed by atoms with Crippen LogP contribution < -0.4 is 10.1 Å². The minimum atomic E-state index is -0.244. The summed E-state index contributed by atoms with van der Waals surface area (Å²) in [5.74, 6) is 0.520. The number of nitrogens with zero attached hydrogens (tertiary/aromatic N) is 2. The molecule has 1 aromatic heterocycles. The summed E-state index contributed by atoms with van der Waals surface area (Å²) in [5, 5.41) is 3.40. The van der Waals surface area contributed by atoms with Gasteiger partial charge in [-0.2, -0.15) is 0 Å². The van der Waals surface area contributed by atoms with Crippen molar-refractivity contribution in [2.24, 2.45) is 0 Å². The number of methoxy groups -OCH3 is 1. The summed E-state index contributed by atoms with van der Waals surface area (Å²) in [5.41, 5.74) is 0.934. The molecule has 2 heterocycles. The van der Waals surface area contributed by atoms with E-state index in [0.717, 1.165) is 5.56 Å². The predicted octanol–water partition coefficient (Wildman–Crippen LogP) is 0.695. The third-order valence-corrected chi connectivity index (χ3v) is 2.91. The van der Waals surface area contributed by atoms with Crippen LogP contribution in [0, 0.1) is 0 Å². The number of rotatable bonds is 3. The number of ether oxygens (including phenoxy) is 1. The van der Waals surface area contributed by atoms with E-state index in [9.17, 15) is 4.79 Å². The molecule has 0 radical (unpaired) electrons. The van der Waals surface area contributed by atoms with E-state index in [0.29, 0.717) is 17.5 Å². The Bertz CT molecular complexity index is 464. The van der Waals surface area contributed by atoms with Crippen LogP contribution in [0.25, 0.3) is 0 Å². The highest BCUT2D eigenvalue weighted by molar-refractivity contribution is 7.80. The molecule has 1 aliphatic rings. The van der Waals surface area contributed by atoms with E-state index in [2.05, 4.69) is 10.3 Å². The minimum absolute atomic E-state index is 0.00854. The van der Waals surface area contributed by atoms with Gasteiger partial charge in [0, 0.05) is 12.3 Å². The summed E-state index contributed by atoms with van der Waals surface area (Å²) in [6.07, 6.45) is 1.65. The van der Waals surface area contributed by atoms with E-state index in [1.807, 2.05) is 6.07 Å². The van der Waals surface area contributed by atoms with Crippen molar-refractivity contribution in [3.63, 3.8) is 0 Å². The number of carbonyl (C=O) groups is 1. The van der Waals surface area contributed by atoms with Gasteiger partial charge in [-0.3, -0.25) is 9.69 Å². The molecule has 0 spiro atoms. The van der Waals surface area contributed by atoms with Gasteiger partial charge in [-0.25, -0.2) is 4.98 Å². The lowest BCUT2D eigenvalue weighted by Crippen LogP contribution is -2.30. The molecule has 0 bridgehead atoms. The smallest absolute Gasteiger partial charge is 0.251 e. The molecule has 0 saturated carbocycles. The van der Waals surface area contributed by atoms with Crippen LogP contribution in [0.5, 0.6) is 5.88 Å². The van der Waals surface area contributed by atoms with E-state index in [1.54, 1.807) is 31.2 Å². The van der Waals surface area contributed by atoms with E-state index < -0.39 is 0 Å². The fraction of sp³-hybridized carbons (Fsp3) is 0.364. The highest BCUT2D eigenvalue weighted by Crippen LogP contribution is 2.14. The largest absolute Gasteiger partial charge is 0.481 e. The number of aromatic nitrogens is 1. The Kier molecular flexibility index (Phi) is 3.23. The van der Waals surface area contributed by atoms with Gasteiger partial charge in [0.25, 0.3) is 5.91 Å². The molecule has 6 heteroatoms. The van der Waals surface area contributed by atoms with Crippen molar-refractivity contribution in [1.29, 1.82) is 0 Å². The quantitative estimate of drug-likeness (QED) is 0.801. The van der Waals surface area contributed by atoms with Gasteiger partial charge < -0.3 is 10.1 Å². The second-order valence-corrected chi connectivity index (χ2v) is 4.19. The maximum atomic E-state index is 11.8. The molecule has 1 atom stereocenters. The van der Waals surface area contributed by atoms with Crippen LogP contribution >= 0.6 is 12.2 Å². The van der Waals surface area contributed by atoms with E-state index >= 15 is 0 Å².